The maximum absolute atomic E-state index is 6.27. The third-order valence-corrected chi connectivity index (χ3v) is 5.35. The number of methoxy groups -OCH3 is 1. The highest BCUT2D eigenvalue weighted by Crippen LogP contribution is 2.30. The second-order valence-corrected chi connectivity index (χ2v) is 7.72. The summed E-state index contributed by atoms with van der Waals surface area (Å²) in [6.45, 7) is 3.23. The van der Waals surface area contributed by atoms with Gasteiger partial charge >= 0.3 is 0 Å². The Balaban J connectivity index is 0.00000300. The predicted octanol–water partition coefficient (Wildman–Crippen LogP) is 4.12. The monoisotopic (exact) mass is 517 g/mol. The van der Waals surface area contributed by atoms with E-state index in [9.17, 15) is 0 Å². The summed E-state index contributed by atoms with van der Waals surface area (Å²) < 4.78 is 17.3. The molecule has 2 saturated carbocycles. The van der Waals surface area contributed by atoms with Gasteiger partial charge in [-0.3, -0.25) is 4.99 Å². The number of hydrogen-bond acceptors (Lipinski definition) is 4. The fourth-order valence-corrected chi connectivity index (χ4v) is 3.42. The van der Waals surface area contributed by atoms with Crippen molar-refractivity contribution in [2.45, 2.75) is 57.6 Å². The van der Waals surface area contributed by atoms with E-state index >= 15 is 0 Å². The summed E-state index contributed by atoms with van der Waals surface area (Å²) in [6, 6.07) is 6.03. The van der Waals surface area contributed by atoms with Gasteiger partial charge in [0, 0.05) is 45.0 Å². The number of ether oxygens (including phenoxy) is 3. The normalized spacial score (nSPS) is 17.0. The first kappa shape index (κ1) is 24.1. The molecule has 2 aliphatic carbocycles. The number of guanidine groups is 1. The molecule has 0 radical (unpaired) electrons. The fraction of sp³-hybridized carbons (Fsp3) is 0.682. The van der Waals surface area contributed by atoms with Crippen molar-refractivity contribution >= 4 is 29.9 Å². The first-order valence-electron chi connectivity index (χ1n) is 10.6. The Hall–Kier alpha value is -1.22. The third kappa shape index (κ3) is 8.58. The number of hydrogen-bond donors (Lipinski definition) is 2. The smallest absolute Gasteiger partial charge is 0.191 e. The number of rotatable bonds is 11. The van der Waals surface area contributed by atoms with Gasteiger partial charge in [0.2, 0.25) is 0 Å². The molecule has 0 spiro atoms. The summed E-state index contributed by atoms with van der Waals surface area (Å²) in [6.07, 6.45) is 8.75. The van der Waals surface area contributed by atoms with Crippen LogP contribution in [0.1, 0.15) is 50.5 Å². The molecule has 0 amide bonds. The van der Waals surface area contributed by atoms with E-state index in [-0.39, 0.29) is 24.0 Å². The van der Waals surface area contributed by atoms with Crippen molar-refractivity contribution in [1.82, 2.24) is 10.6 Å². The molecule has 0 unspecified atom stereocenters. The molecule has 6 nitrogen and oxygen atoms in total. The summed E-state index contributed by atoms with van der Waals surface area (Å²) in [5.41, 5.74) is 1.11. The molecule has 0 heterocycles. The third-order valence-electron chi connectivity index (χ3n) is 5.35. The largest absolute Gasteiger partial charge is 0.497 e. The van der Waals surface area contributed by atoms with E-state index in [2.05, 4.69) is 21.7 Å². The Kier molecular flexibility index (Phi) is 10.9. The zero-order valence-electron chi connectivity index (χ0n) is 17.7. The number of benzene rings is 1. The predicted molar refractivity (Wildman–Crippen MR) is 128 cm³/mol. The molecular formula is C22H36IN3O3. The number of nitrogens with one attached hydrogen (secondary N) is 2. The number of halogens is 1. The van der Waals surface area contributed by atoms with Crippen LogP contribution >= 0.6 is 24.0 Å². The number of nitrogens with zero attached hydrogens (tertiary/aromatic N) is 1. The first-order valence-corrected chi connectivity index (χ1v) is 10.6. The van der Waals surface area contributed by atoms with Gasteiger partial charge in [-0.1, -0.05) is 0 Å². The van der Waals surface area contributed by atoms with E-state index in [1.807, 2.05) is 12.1 Å². The van der Waals surface area contributed by atoms with Crippen LogP contribution in [0.4, 0.5) is 0 Å². The first-order chi connectivity index (χ1) is 13.8. The summed E-state index contributed by atoms with van der Waals surface area (Å²) in [7, 11) is 3.48. The van der Waals surface area contributed by atoms with Crippen LogP contribution in [-0.4, -0.2) is 46.0 Å². The Morgan fingerprint density at radius 1 is 1.14 bits per heavy atom. The molecule has 0 aromatic heterocycles. The quantitative estimate of drug-likeness (QED) is 0.200. The van der Waals surface area contributed by atoms with Gasteiger partial charge < -0.3 is 24.8 Å². The van der Waals surface area contributed by atoms with Crippen LogP contribution in [-0.2, 0) is 11.3 Å². The average Bonchev–Trinajstić information content (AvgIpc) is 3.41. The fourth-order valence-electron chi connectivity index (χ4n) is 3.42. The van der Waals surface area contributed by atoms with E-state index < -0.39 is 0 Å². The van der Waals surface area contributed by atoms with Crippen LogP contribution in [0, 0.1) is 5.92 Å². The minimum atomic E-state index is 0. The molecule has 2 fully saturated rings. The number of aliphatic imine (C=N–C) groups is 1. The van der Waals surface area contributed by atoms with Crippen LogP contribution in [0.15, 0.2) is 23.2 Å². The van der Waals surface area contributed by atoms with Crippen molar-refractivity contribution in [3.63, 3.8) is 0 Å². The van der Waals surface area contributed by atoms with Crippen LogP contribution in [0.5, 0.6) is 11.5 Å². The maximum atomic E-state index is 6.27. The molecule has 0 atom stereocenters. The summed E-state index contributed by atoms with van der Waals surface area (Å²) >= 11 is 0. The van der Waals surface area contributed by atoms with Gasteiger partial charge in [0.05, 0.1) is 13.2 Å². The summed E-state index contributed by atoms with van der Waals surface area (Å²) in [5.74, 6) is 3.35. The lowest BCUT2D eigenvalue weighted by Gasteiger charge is -2.19. The topological polar surface area (TPSA) is 64.1 Å². The van der Waals surface area contributed by atoms with Gasteiger partial charge in [0.1, 0.15) is 11.5 Å². The van der Waals surface area contributed by atoms with E-state index in [0.717, 1.165) is 68.0 Å². The van der Waals surface area contributed by atoms with Crippen LogP contribution < -0.4 is 20.1 Å². The molecule has 3 rings (SSSR count). The SMILES string of the molecule is CN=C(NCCCOCC1CC1)NCc1ccc(OC)cc1OC1CCCC1.I. The zero-order valence-corrected chi connectivity index (χ0v) is 20.1. The highest BCUT2D eigenvalue weighted by atomic mass is 127. The van der Waals surface area contributed by atoms with Gasteiger partial charge in [0.15, 0.2) is 5.96 Å². The highest BCUT2D eigenvalue weighted by Gasteiger charge is 2.21. The lowest BCUT2D eigenvalue weighted by atomic mass is 10.2. The van der Waals surface area contributed by atoms with Crippen LogP contribution in [0.2, 0.25) is 0 Å². The minimum absolute atomic E-state index is 0. The zero-order chi connectivity index (χ0) is 19.6. The van der Waals surface area contributed by atoms with Crippen molar-refractivity contribution in [2.75, 3.05) is 33.9 Å². The van der Waals surface area contributed by atoms with Crippen molar-refractivity contribution in [2.24, 2.45) is 10.9 Å². The van der Waals surface area contributed by atoms with E-state index in [0.29, 0.717) is 12.6 Å². The van der Waals surface area contributed by atoms with Gasteiger partial charge in [0.25, 0.3) is 0 Å². The molecule has 2 aliphatic rings. The molecule has 1 aromatic carbocycles. The van der Waals surface area contributed by atoms with E-state index in [4.69, 9.17) is 14.2 Å². The van der Waals surface area contributed by atoms with E-state index in [1.165, 1.54) is 25.7 Å². The van der Waals surface area contributed by atoms with Crippen molar-refractivity contribution < 1.29 is 14.2 Å². The van der Waals surface area contributed by atoms with Crippen molar-refractivity contribution in [1.29, 1.82) is 0 Å². The highest BCUT2D eigenvalue weighted by molar-refractivity contribution is 14.0. The standard InChI is InChI=1S/C22H35N3O3.HI/c1-23-22(24-12-5-13-27-16-17-8-9-17)25-15-18-10-11-20(26-2)14-21(18)28-19-6-3-4-7-19;/h10-11,14,17,19H,3-9,12-13,15-16H2,1-2H3,(H2,23,24,25);1H. The van der Waals surface area contributed by atoms with Crippen LogP contribution in [0.25, 0.3) is 0 Å². The molecular weight excluding hydrogens is 481 g/mol. The van der Waals surface area contributed by atoms with E-state index in [1.54, 1.807) is 14.2 Å². The van der Waals surface area contributed by atoms with Crippen LogP contribution in [0.3, 0.4) is 0 Å². The Morgan fingerprint density at radius 3 is 2.62 bits per heavy atom. The molecule has 7 heteroatoms. The Bertz CT molecular complexity index is 632. The second-order valence-electron chi connectivity index (χ2n) is 7.72. The summed E-state index contributed by atoms with van der Waals surface area (Å²) in [4.78, 5) is 4.31. The molecule has 0 saturated heterocycles. The molecule has 29 heavy (non-hydrogen) atoms. The molecule has 1 aromatic rings. The maximum Gasteiger partial charge on any atom is 0.191 e. The molecule has 0 aliphatic heterocycles. The van der Waals surface area contributed by atoms with Gasteiger partial charge in [-0.25, -0.2) is 0 Å². The average molecular weight is 517 g/mol. The Morgan fingerprint density at radius 2 is 1.93 bits per heavy atom. The minimum Gasteiger partial charge on any atom is -0.497 e. The summed E-state index contributed by atoms with van der Waals surface area (Å²) in [5, 5.41) is 6.74. The van der Waals surface area contributed by atoms with Crippen molar-refractivity contribution in [3.05, 3.63) is 23.8 Å². The second kappa shape index (κ2) is 13.2. The Labute approximate surface area is 192 Å². The van der Waals surface area contributed by atoms with Crippen molar-refractivity contribution in [3.8, 4) is 11.5 Å². The van der Waals surface area contributed by atoms with Gasteiger partial charge in [-0.2, -0.15) is 0 Å². The van der Waals surface area contributed by atoms with Gasteiger partial charge in [-0.05, 0) is 63.0 Å². The molecule has 164 valence electrons. The lowest BCUT2D eigenvalue weighted by molar-refractivity contribution is 0.123. The molecule has 0 bridgehead atoms. The lowest BCUT2D eigenvalue weighted by Crippen LogP contribution is -2.37. The van der Waals surface area contributed by atoms with Gasteiger partial charge in [-0.15, -0.1) is 24.0 Å². The molecule has 2 N–H and O–H groups in total.